The number of rotatable bonds is 8. The summed E-state index contributed by atoms with van der Waals surface area (Å²) >= 11 is 5.94. The molecular weight excluding hydrogens is 525 g/mol. The Kier molecular flexibility index (Phi) is 7.67. The normalized spacial score (nSPS) is 17.6. The molecule has 0 atom stereocenters. The molecule has 1 amide bonds. The number of benzene rings is 2. The van der Waals surface area contributed by atoms with Crippen molar-refractivity contribution in [3.05, 3.63) is 59.7 Å². The van der Waals surface area contributed by atoms with Crippen LogP contribution in [0, 0.1) is 5.82 Å². The number of nitrogens with one attached hydrogen (secondary N) is 2. The number of hydrogen-bond acceptors (Lipinski definition) is 8. The molecule has 0 bridgehead atoms. The highest BCUT2D eigenvalue weighted by Crippen LogP contribution is 2.36. The van der Waals surface area contributed by atoms with Crippen LogP contribution in [-0.4, -0.2) is 58.1 Å². The highest BCUT2D eigenvalue weighted by atomic mass is 35.5. The number of aromatic nitrogens is 2. The average molecular weight is 554 g/mol. The van der Waals surface area contributed by atoms with Gasteiger partial charge in [0.2, 0.25) is 5.91 Å². The molecular formula is C28H29ClFN5O4. The lowest BCUT2D eigenvalue weighted by Gasteiger charge is -2.40. The Bertz CT molecular complexity index is 1440. The smallest absolute Gasteiger partial charge is 0.320 e. The Labute approximate surface area is 230 Å². The van der Waals surface area contributed by atoms with Gasteiger partial charge in [-0.05, 0) is 57.4 Å². The molecule has 2 fully saturated rings. The SMILES string of the molecule is CC1(C)COC(=O)CN1CC=CC(=O)Nc1cc2c(Nc3ccc(F)c(Cl)c3)ncnc2cc1OC1CCC1. The first kappa shape index (κ1) is 26.8. The molecule has 5 rings (SSSR count). The second-order valence-corrected chi connectivity index (χ2v) is 10.7. The van der Waals surface area contributed by atoms with Crippen molar-refractivity contribution >= 4 is 51.6 Å². The zero-order chi connectivity index (χ0) is 27.6. The molecule has 1 saturated heterocycles. The largest absolute Gasteiger partial charge is 0.488 e. The Morgan fingerprint density at radius 1 is 1.28 bits per heavy atom. The number of esters is 1. The van der Waals surface area contributed by atoms with Crippen molar-refractivity contribution in [2.24, 2.45) is 0 Å². The summed E-state index contributed by atoms with van der Waals surface area (Å²) in [5.74, 6) is -0.168. The molecule has 1 aromatic heterocycles. The van der Waals surface area contributed by atoms with Gasteiger partial charge in [0.15, 0.2) is 0 Å². The molecule has 1 aliphatic heterocycles. The van der Waals surface area contributed by atoms with E-state index in [1.807, 2.05) is 18.7 Å². The maximum Gasteiger partial charge on any atom is 0.320 e. The van der Waals surface area contributed by atoms with E-state index >= 15 is 0 Å². The summed E-state index contributed by atoms with van der Waals surface area (Å²) in [6.45, 7) is 4.85. The van der Waals surface area contributed by atoms with E-state index in [1.54, 1.807) is 24.3 Å². The third-order valence-corrected chi connectivity index (χ3v) is 7.17. The Morgan fingerprint density at radius 2 is 2.10 bits per heavy atom. The number of carbonyl (C=O) groups excluding carboxylic acids is 2. The van der Waals surface area contributed by atoms with Crippen LogP contribution < -0.4 is 15.4 Å². The standard InChI is InChI=1S/C28H29ClFN5O4/c1-28(2)15-38-26(37)14-35(28)10-4-7-25(36)34-23-12-19-22(13-24(23)39-18-5-3-6-18)31-16-32-27(19)33-17-8-9-21(30)20(29)11-17/h4,7-9,11-13,16,18H,3,5-6,10,14-15H2,1-2H3,(H,34,36)(H,31,32,33). The van der Waals surface area contributed by atoms with E-state index in [1.165, 1.54) is 24.5 Å². The van der Waals surface area contributed by atoms with E-state index in [9.17, 15) is 14.0 Å². The van der Waals surface area contributed by atoms with Gasteiger partial charge < -0.3 is 20.1 Å². The van der Waals surface area contributed by atoms with Gasteiger partial charge in [-0.1, -0.05) is 17.7 Å². The van der Waals surface area contributed by atoms with Crippen LogP contribution in [0.2, 0.25) is 5.02 Å². The summed E-state index contributed by atoms with van der Waals surface area (Å²) in [4.78, 5) is 35.3. The fourth-order valence-corrected chi connectivity index (χ4v) is 4.47. The van der Waals surface area contributed by atoms with Gasteiger partial charge in [-0.15, -0.1) is 0 Å². The van der Waals surface area contributed by atoms with Crippen molar-refractivity contribution in [2.45, 2.75) is 44.8 Å². The molecule has 0 unspecified atom stereocenters. The van der Waals surface area contributed by atoms with Crippen LogP contribution >= 0.6 is 11.6 Å². The van der Waals surface area contributed by atoms with Crippen molar-refractivity contribution < 1.29 is 23.5 Å². The topological polar surface area (TPSA) is 106 Å². The van der Waals surface area contributed by atoms with Crippen molar-refractivity contribution in [3.63, 3.8) is 0 Å². The Balaban J connectivity index is 1.39. The van der Waals surface area contributed by atoms with Crippen LogP contribution in [0.15, 0.2) is 48.8 Å². The van der Waals surface area contributed by atoms with E-state index in [0.29, 0.717) is 47.0 Å². The maximum absolute atomic E-state index is 13.6. The number of hydrogen-bond donors (Lipinski definition) is 2. The summed E-state index contributed by atoms with van der Waals surface area (Å²) in [5, 5.41) is 6.68. The average Bonchev–Trinajstić information content (AvgIpc) is 2.86. The van der Waals surface area contributed by atoms with Crippen molar-refractivity contribution in [1.29, 1.82) is 0 Å². The summed E-state index contributed by atoms with van der Waals surface area (Å²) in [5.41, 5.74) is 1.31. The molecule has 11 heteroatoms. The summed E-state index contributed by atoms with van der Waals surface area (Å²) < 4.78 is 25.0. The molecule has 3 aromatic rings. The molecule has 1 aliphatic carbocycles. The first-order valence-corrected chi connectivity index (χ1v) is 13.1. The van der Waals surface area contributed by atoms with Crippen LogP contribution in [0.25, 0.3) is 10.9 Å². The highest BCUT2D eigenvalue weighted by Gasteiger charge is 2.34. The van der Waals surface area contributed by atoms with Gasteiger partial charge in [-0.25, -0.2) is 14.4 Å². The number of halogens is 2. The minimum absolute atomic E-state index is 0.0147. The van der Waals surface area contributed by atoms with Crippen LogP contribution in [0.3, 0.4) is 0 Å². The monoisotopic (exact) mass is 553 g/mol. The number of cyclic esters (lactones) is 1. The number of nitrogens with zero attached hydrogens (tertiary/aromatic N) is 3. The predicted molar refractivity (Wildman–Crippen MR) is 147 cm³/mol. The van der Waals surface area contributed by atoms with Gasteiger partial charge in [0.25, 0.3) is 0 Å². The lowest BCUT2D eigenvalue weighted by Crippen LogP contribution is -2.54. The van der Waals surface area contributed by atoms with E-state index in [2.05, 4.69) is 20.6 Å². The summed E-state index contributed by atoms with van der Waals surface area (Å²) in [7, 11) is 0. The fourth-order valence-electron chi connectivity index (χ4n) is 4.29. The Morgan fingerprint density at radius 3 is 2.85 bits per heavy atom. The first-order valence-electron chi connectivity index (χ1n) is 12.7. The third kappa shape index (κ3) is 6.29. The van der Waals surface area contributed by atoms with Crippen molar-refractivity contribution in [3.8, 4) is 5.75 Å². The van der Waals surface area contributed by atoms with Gasteiger partial charge in [-0.3, -0.25) is 14.5 Å². The second-order valence-electron chi connectivity index (χ2n) is 10.3. The minimum Gasteiger partial charge on any atom is -0.488 e. The molecule has 0 radical (unpaired) electrons. The Hall–Kier alpha value is -3.76. The molecule has 2 aromatic carbocycles. The van der Waals surface area contributed by atoms with E-state index in [0.717, 1.165) is 19.3 Å². The van der Waals surface area contributed by atoms with E-state index < -0.39 is 5.82 Å². The number of amides is 1. The van der Waals surface area contributed by atoms with Gasteiger partial charge in [0.1, 0.15) is 30.3 Å². The third-order valence-electron chi connectivity index (χ3n) is 6.88. The highest BCUT2D eigenvalue weighted by molar-refractivity contribution is 6.31. The summed E-state index contributed by atoms with van der Waals surface area (Å²) in [6.07, 6.45) is 7.64. The molecule has 9 nitrogen and oxygen atoms in total. The maximum atomic E-state index is 13.6. The number of ether oxygens (including phenoxy) is 2. The number of carbonyl (C=O) groups is 2. The zero-order valence-electron chi connectivity index (χ0n) is 21.7. The quantitative estimate of drug-likeness (QED) is 0.288. The molecule has 0 spiro atoms. The second kappa shape index (κ2) is 11.2. The van der Waals surface area contributed by atoms with Crippen LogP contribution in [0.1, 0.15) is 33.1 Å². The van der Waals surface area contributed by atoms with Gasteiger partial charge in [-0.2, -0.15) is 0 Å². The number of fused-ring (bicyclic) bond motifs is 1. The molecule has 2 aliphatic rings. The minimum atomic E-state index is -0.519. The first-order chi connectivity index (χ1) is 18.7. The molecule has 2 N–H and O–H groups in total. The van der Waals surface area contributed by atoms with Crippen LogP contribution in [0.5, 0.6) is 5.75 Å². The predicted octanol–water partition coefficient (Wildman–Crippen LogP) is 5.23. The number of morpholine rings is 1. The van der Waals surface area contributed by atoms with Crippen molar-refractivity contribution in [2.75, 3.05) is 30.3 Å². The molecule has 204 valence electrons. The van der Waals surface area contributed by atoms with Gasteiger partial charge in [0.05, 0.1) is 34.4 Å². The molecule has 39 heavy (non-hydrogen) atoms. The van der Waals surface area contributed by atoms with Gasteiger partial charge in [0, 0.05) is 29.8 Å². The zero-order valence-corrected chi connectivity index (χ0v) is 22.4. The van der Waals surface area contributed by atoms with E-state index in [-0.39, 0.29) is 35.1 Å². The van der Waals surface area contributed by atoms with Gasteiger partial charge >= 0.3 is 5.97 Å². The lowest BCUT2D eigenvalue weighted by molar-refractivity contribution is -0.159. The van der Waals surface area contributed by atoms with E-state index in [4.69, 9.17) is 21.1 Å². The van der Waals surface area contributed by atoms with Crippen LogP contribution in [-0.2, 0) is 14.3 Å². The fraction of sp³-hybridized carbons (Fsp3) is 0.357. The lowest BCUT2D eigenvalue weighted by atomic mass is 9.96. The van der Waals surface area contributed by atoms with Crippen molar-refractivity contribution in [1.82, 2.24) is 14.9 Å². The summed E-state index contributed by atoms with van der Waals surface area (Å²) in [6, 6.07) is 7.83. The number of anilines is 3. The van der Waals surface area contributed by atoms with Crippen LogP contribution in [0.4, 0.5) is 21.6 Å². The molecule has 2 heterocycles. The molecule has 1 saturated carbocycles.